The quantitative estimate of drug-likeness (QED) is 0.825. The Morgan fingerprint density at radius 2 is 1.81 bits per heavy atom. The lowest BCUT2D eigenvalue weighted by Gasteiger charge is -2.35. The normalized spacial score (nSPS) is 18.7. The summed E-state index contributed by atoms with van der Waals surface area (Å²) in [6.45, 7) is 6.74. The molecular formula is C19H27N7O. The highest BCUT2D eigenvalue weighted by atomic mass is 16.2. The van der Waals surface area contributed by atoms with Crippen molar-refractivity contribution in [1.82, 2.24) is 29.9 Å². The summed E-state index contributed by atoms with van der Waals surface area (Å²) in [6, 6.07) is 0.396. The van der Waals surface area contributed by atoms with Crippen LogP contribution >= 0.6 is 0 Å². The standard InChI is InChI=1S/C19H27N7O/c1-14-12-20-15(2)18(21-14)24-8-10-25(11-9-24)19(27)17-13-26(23-22-17)16-6-4-3-5-7-16/h12-13,16H,3-11H2,1-2H3. The third-order valence-corrected chi connectivity index (χ3v) is 5.60. The van der Waals surface area contributed by atoms with Crippen LogP contribution in [0.15, 0.2) is 12.4 Å². The van der Waals surface area contributed by atoms with Crippen molar-refractivity contribution in [3.63, 3.8) is 0 Å². The molecule has 0 bridgehead atoms. The van der Waals surface area contributed by atoms with E-state index in [-0.39, 0.29) is 5.91 Å². The Kier molecular flexibility index (Phi) is 5.05. The molecule has 0 spiro atoms. The number of anilines is 1. The summed E-state index contributed by atoms with van der Waals surface area (Å²) in [5.41, 5.74) is 2.30. The lowest BCUT2D eigenvalue weighted by atomic mass is 9.96. The van der Waals surface area contributed by atoms with E-state index in [0.29, 0.717) is 24.8 Å². The van der Waals surface area contributed by atoms with Gasteiger partial charge in [-0.05, 0) is 26.7 Å². The minimum atomic E-state index is -0.0243. The van der Waals surface area contributed by atoms with Crippen molar-refractivity contribution in [3.05, 3.63) is 29.5 Å². The van der Waals surface area contributed by atoms with Gasteiger partial charge in [-0.2, -0.15) is 0 Å². The van der Waals surface area contributed by atoms with Gasteiger partial charge in [0.1, 0.15) is 5.82 Å². The summed E-state index contributed by atoms with van der Waals surface area (Å²) in [5.74, 6) is 0.897. The Balaban J connectivity index is 1.38. The van der Waals surface area contributed by atoms with E-state index in [0.717, 1.165) is 43.1 Å². The van der Waals surface area contributed by atoms with Crippen molar-refractivity contribution in [2.24, 2.45) is 0 Å². The SMILES string of the molecule is Cc1cnc(C)c(N2CCN(C(=O)c3cn(C4CCCCC4)nn3)CC2)n1. The third kappa shape index (κ3) is 3.79. The summed E-state index contributed by atoms with van der Waals surface area (Å²) >= 11 is 0. The van der Waals surface area contributed by atoms with Gasteiger partial charge in [0.2, 0.25) is 0 Å². The molecule has 0 radical (unpaired) electrons. The molecule has 1 aliphatic heterocycles. The molecule has 3 heterocycles. The van der Waals surface area contributed by atoms with Crippen LogP contribution in [0.4, 0.5) is 5.82 Å². The highest BCUT2D eigenvalue weighted by molar-refractivity contribution is 5.92. The first-order valence-corrected chi connectivity index (χ1v) is 9.88. The van der Waals surface area contributed by atoms with E-state index < -0.39 is 0 Å². The van der Waals surface area contributed by atoms with E-state index in [4.69, 9.17) is 0 Å². The average molecular weight is 369 g/mol. The van der Waals surface area contributed by atoms with Crippen LogP contribution < -0.4 is 4.90 Å². The number of amides is 1. The minimum absolute atomic E-state index is 0.0243. The zero-order chi connectivity index (χ0) is 18.8. The maximum atomic E-state index is 12.8. The molecule has 1 saturated heterocycles. The molecule has 27 heavy (non-hydrogen) atoms. The van der Waals surface area contributed by atoms with Crippen LogP contribution in [0.3, 0.4) is 0 Å². The zero-order valence-electron chi connectivity index (χ0n) is 16.1. The number of carbonyl (C=O) groups excluding carboxylic acids is 1. The van der Waals surface area contributed by atoms with Gasteiger partial charge in [-0.25, -0.2) is 9.67 Å². The van der Waals surface area contributed by atoms with E-state index in [9.17, 15) is 4.79 Å². The molecule has 0 N–H and O–H groups in total. The Labute approximate surface area is 159 Å². The number of rotatable bonds is 3. The number of carbonyl (C=O) groups is 1. The number of aryl methyl sites for hydroxylation is 2. The van der Waals surface area contributed by atoms with Crippen molar-refractivity contribution >= 4 is 11.7 Å². The van der Waals surface area contributed by atoms with Gasteiger partial charge in [0, 0.05) is 32.4 Å². The molecule has 2 aliphatic rings. The van der Waals surface area contributed by atoms with Gasteiger partial charge in [-0.1, -0.05) is 24.5 Å². The lowest BCUT2D eigenvalue weighted by Crippen LogP contribution is -2.49. The van der Waals surface area contributed by atoms with Gasteiger partial charge in [0.05, 0.1) is 23.6 Å². The topological polar surface area (TPSA) is 80.0 Å². The molecule has 4 rings (SSSR count). The molecule has 2 aromatic heterocycles. The number of hydrogen-bond acceptors (Lipinski definition) is 6. The van der Waals surface area contributed by atoms with Crippen LogP contribution in [-0.2, 0) is 0 Å². The first-order chi connectivity index (χ1) is 13.1. The Hall–Kier alpha value is -2.51. The van der Waals surface area contributed by atoms with E-state index in [1.807, 2.05) is 29.6 Å². The molecule has 8 nitrogen and oxygen atoms in total. The van der Waals surface area contributed by atoms with Gasteiger partial charge < -0.3 is 9.80 Å². The molecule has 2 aromatic rings. The maximum Gasteiger partial charge on any atom is 0.276 e. The fraction of sp³-hybridized carbons (Fsp3) is 0.632. The molecule has 1 saturated carbocycles. The van der Waals surface area contributed by atoms with Crippen molar-refractivity contribution in [3.8, 4) is 0 Å². The first-order valence-electron chi connectivity index (χ1n) is 9.88. The number of hydrogen-bond donors (Lipinski definition) is 0. The molecule has 0 unspecified atom stereocenters. The second kappa shape index (κ2) is 7.62. The molecule has 8 heteroatoms. The van der Waals surface area contributed by atoms with Crippen LogP contribution in [0.25, 0.3) is 0 Å². The van der Waals surface area contributed by atoms with Crippen LogP contribution in [0, 0.1) is 13.8 Å². The Bertz CT molecular complexity index is 804. The smallest absolute Gasteiger partial charge is 0.276 e. The predicted octanol–water partition coefficient (Wildman–Crippen LogP) is 2.15. The fourth-order valence-corrected chi connectivity index (χ4v) is 4.01. The molecule has 144 valence electrons. The van der Waals surface area contributed by atoms with Gasteiger partial charge in [0.15, 0.2) is 5.69 Å². The number of piperazine rings is 1. The molecular weight excluding hydrogens is 342 g/mol. The number of nitrogens with zero attached hydrogens (tertiary/aromatic N) is 7. The van der Waals surface area contributed by atoms with Crippen molar-refractivity contribution in [2.75, 3.05) is 31.1 Å². The van der Waals surface area contributed by atoms with Gasteiger partial charge in [0.25, 0.3) is 5.91 Å². The highest BCUT2D eigenvalue weighted by Gasteiger charge is 2.26. The van der Waals surface area contributed by atoms with E-state index in [1.165, 1.54) is 19.3 Å². The summed E-state index contributed by atoms with van der Waals surface area (Å²) in [5, 5.41) is 8.39. The van der Waals surface area contributed by atoms with E-state index in [1.54, 1.807) is 6.20 Å². The van der Waals surface area contributed by atoms with Crippen LogP contribution in [-0.4, -0.2) is 61.9 Å². The first kappa shape index (κ1) is 17.9. The second-order valence-corrected chi connectivity index (χ2v) is 7.58. The van der Waals surface area contributed by atoms with Crippen molar-refractivity contribution in [1.29, 1.82) is 0 Å². The molecule has 1 amide bonds. The van der Waals surface area contributed by atoms with Crippen molar-refractivity contribution < 1.29 is 4.79 Å². The molecule has 2 fully saturated rings. The van der Waals surface area contributed by atoms with Crippen LogP contribution in [0.1, 0.15) is 60.0 Å². The highest BCUT2D eigenvalue weighted by Crippen LogP contribution is 2.27. The maximum absolute atomic E-state index is 12.8. The lowest BCUT2D eigenvalue weighted by molar-refractivity contribution is 0.0740. The van der Waals surface area contributed by atoms with Crippen LogP contribution in [0.2, 0.25) is 0 Å². The minimum Gasteiger partial charge on any atom is -0.352 e. The monoisotopic (exact) mass is 369 g/mol. The Morgan fingerprint density at radius 1 is 1.07 bits per heavy atom. The van der Waals surface area contributed by atoms with E-state index in [2.05, 4.69) is 25.2 Å². The van der Waals surface area contributed by atoms with Crippen LogP contribution in [0.5, 0.6) is 0 Å². The summed E-state index contributed by atoms with van der Waals surface area (Å²) in [7, 11) is 0. The van der Waals surface area contributed by atoms with Crippen molar-refractivity contribution in [2.45, 2.75) is 52.0 Å². The van der Waals surface area contributed by atoms with E-state index >= 15 is 0 Å². The number of aromatic nitrogens is 5. The van der Waals surface area contributed by atoms with Gasteiger partial charge >= 0.3 is 0 Å². The molecule has 1 aliphatic carbocycles. The predicted molar refractivity (Wildman–Crippen MR) is 102 cm³/mol. The molecule has 0 atom stereocenters. The largest absolute Gasteiger partial charge is 0.352 e. The fourth-order valence-electron chi connectivity index (χ4n) is 4.01. The average Bonchev–Trinajstić information content (AvgIpc) is 3.20. The molecule has 0 aromatic carbocycles. The van der Waals surface area contributed by atoms with Gasteiger partial charge in [-0.15, -0.1) is 5.10 Å². The second-order valence-electron chi connectivity index (χ2n) is 7.58. The summed E-state index contributed by atoms with van der Waals surface area (Å²) in [6.07, 6.45) is 9.65. The Morgan fingerprint density at radius 3 is 2.56 bits per heavy atom. The van der Waals surface area contributed by atoms with Gasteiger partial charge in [-0.3, -0.25) is 9.78 Å². The third-order valence-electron chi connectivity index (χ3n) is 5.60. The summed E-state index contributed by atoms with van der Waals surface area (Å²) < 4.78 is 1.90. The zero-order valence-corrected chi connectivity index (χ0v) is 16.1. The summed E-state index contributed by atoms with van der Waals surface area (Å²) in [4.78, 5) is 25.9.